The minimum Gasteiger partial charge on any atom is -0.748 e. The third-order valence-corrected chi connectivity index (χ3v) is 5.06. The predicted molar refractivity (Wildman–Crippen MR) is 93.4 cm³/mol. The summed E-state index contributed by atoms with van der Waals surface area (Å²) in [6, 6.07) is 0. The van der Waals surface area contributed by atoms with Gasteiger partial charge in [0.2, 0.25) is 0 Å². The molecule has 0 saturated heterocycles. The van der Waals surface area contributed by atoms with E-state index in [1.54, 1.807) is 0 Å². The van der Waals surface area contributed by atoms with Crippen molar-refractivity contribution in [3.05, 3.63) is 0 Å². The summed E-state index contributed by atoms with van der Waals surface area (Å²) in [6.45, 7) is 0. The van der Waals surface area contributed by atoms with E-state index in [4.69, 9.17) is 0 Å². The smallest absolute Gasteiger partial charge is 0.748 e. The molecule has 0 radical (unpaired) electrons. The van der Waals surface area contributed by atoms with Gasteiger partial charge in [-0.2, -0.15) is 0 Å². The standard InChI is InChI=1S/C18H36O5S.2Na/c19-18(20)16-14-12-10-8-6-4-2-1-3-5-7-9-11-13-15-17-24(21,22)23;;/h1-17H2,(H,19,20)(H,21,22,23);;/q;2*+1/p-2. The number of hydrogen-bond acceptors (Lipinski definition) is 5. The van der Waals surface area contributed by atoms with Crippen molar-refractivity contribution in [1.29, 1.82) is 0 Å². The zero-order valence-electron chi connectivity index (χ0n) is 17.0. The van der Waals surface area contributed by atoms with Gasteiger partial charge in [-0.15, -0.1) is 0 Å². The molecule has 5 nitrogen and oxygen atoms in total. The summed E-state index contributed by atoms with van der Waals surface area (Å²) in [6.07, 6.45) is 16.5. The van der Waals surface area contributed by atoms with Crippen molar-refractivity contribution in [3.8, 4) is 0 Å². The summed E-state index contributed by atoms with van der Waals surface area (Å²) >= 11 is 0. The quantitative estimate of drug-likeness (QED) is 0.142. The molecular weight excluding hydrogens is 374 g/mol. The number of aliphatic carboxylic acids is 1. The van der Waals surface area contributed by atoms with Crippen molar-refractivity contribution in [2.75, 3.05) is 5.75 Å². The van der Waals surface area contributed by atoms with Crippen molar-refractivity contribution in [2.45, 2.75) is 103 Å². The molecule has 0 aromatic heterocycles. The van der Waals surface area contributed by atoms with Crippen molar-refractivity contribution in [2.24, 2.45) is 0 Å². The molecule has 0 amide bonds. The summed E-state index contributed by atoms with van der Waals surface area (Å²) in [4.78, 5) is 10.2. The summed E-state index contributed by atoms with van der Waals surface area (Å²) in [5.41, 5.74) is 0. The van der Waals surface area contributed by atoms with Crippen LogP contribution < -0.4 is 64.2 Å². The third-order valence-electron chi connectivity index (χ3n) is 4.28. The van der Waals surface area contributed by atoms with E-state index in [1.807, 2.05) is 0 Å². The molecule has 0 aliphatic rings. The van der Waals surface area contributed by atoms with E-state index in [2.05, 4.69) is 0 Å². The molecule has 0 bridgehead atoms. The molecule has 0 rings (SSSR count). The van der Waals surface area contributed by atoms with Gasteiger partial charge in [0.15, 0.2) is 0 Å². The maximum atomic E-state index is 10.4. The van der Waals surface area contributed by atoms with Crippen LogP contribution in [0.25, 0.3) is 0 Å². The molecule has 0 aromatic carbocycles. The molecule has 26 heavy (non-hydrogen) atoms. The SMILES string of the molecule is O=C([O-])CCCCCCCCCCCCCCCCCS(=O)(=O)[O-].[Na+].[Na+]. The number of carboxylic acid groups (broad SMARTS) is 1. The Kier molecular flexibility index (Phi) is 27.9. The molecule has 0 aliphatic heterocycles. The normalized spacial score (nSPS) is 10.8. The van der Waals surface area contributed by atoms with Crippen LogP contribution in [0.1, 0.15) is 103 Å². The van der Waals surface area contributed by atoms with Gasteiger partial charge in [0.05, 0.1) is 10.1 Å². The van der Waals surface area contributed by atoms with E-state index in [-0.39, 0.29) is 71.3 Å². The molecule has 0 fully saturated rings. The van der Waals surface area contributed by atoms with Crippen LogP contribution in [-0.2, 0) is 14.9 Å². The second kappa shape index (κ2) is 22.7. The number of hydrogen-bond donors (Lipinski definition) is 0. The fourth-order valence-corrected chi connectivity index (χ4v) is 3.40. The Hall–Kier alpha value is 1.38. The number of rotatable bonds is 18. The van der Waals surface area contributed by atoms with Crippen molar-refractivity contribution < 1.29 is 82.0 Å². The largest absolute Gasteiger partial charge is 1.00 e. The zero-order chi connectivity index (χ0) is 18.1. The first-order valence-electron chi connectivity index (χ1n) is 9.55. The van der Waals surface area contributed by atoms with Crippen LogP contribution in [-0.4, -0.2) is 24.7 Å². The molecular formula is C18H34Na2O5S. The molecule has 0 spiro atoms. The summed E-state index contributed by atoms with van der Waals surface area (Å²) in [5.74, 6) is -1.16. The third kappa shape index (κ3) is 30.1. The minimum atomic E-state index is -4.02. The van der Waals surface area contributed by atoms with Crippen LogP contribution in [0.4, 0.5) is 0 Å². The molecule has 144 valence electrons. The topological polar surface area (TPSA) is 97.3 Å². The van der Waals surface area contributed by atoms with Crippen LogP contribution in [0.3, 0.4) is 0 Å². The van der Waals surface area contributed by atoms with Crippen LogP contribution in [0, 0.1) is 0 Å². The summed E-state index contributed by atoms with van der Waals surface area (Å²) < 4.78 is 31.3. The summed E-state index contributed by atoms with van der Waals surface area (Å²) in [7, 11) is -4.02. The predicted octanol–water partition coefficient (Wildman–Crippen LogP) is -2.47. The maximum absolute atomic E-state index is 10.4. The van der Waals surface area contributed by atoms with Crippen molar-refractivity contribution in [1.82, 2.24) is 0 Å². The van der Waals surface area contributed by atoms with E-state index < -0.39 is 16.1 Å². The molecule has 0 aromatic rings. The average molecular weight is 409 g/mol. The van der Waals surface area contributed by atoms with Gasteiger partial charge in [0, 0.05) is 11.7 Å². The molecule has 8 heteroatoms. The second-order valence-electron chi connectivity index (χ2n) is 6.69. The number of unbranched alkanes of at least 4 members (excludes halogenated alkanes) is 14. The van der Waals surface area contributed by atoms with Crippen LogP contribution >= 0.6 is 0 Å². The second-order valence-corrected chi connectivity index (χ2v) is 8.21. The fraction of sp³-hybridized carbons (Fsp3) is 0.944. The monoisotopic (exact) mass is 408 g/mol. The molecule has 0 unspecified atom stereocenters. The number of carbonyl (C=O) groups is 1. The molecule has 0 heterocycles. The van der Waals surface area contributed by atoms with Gasteiger partial charge in [-0.25, -0.2) is 8.42 Å². The Labute approximate surface area is 204 Å². The van der Waals surface area contributed by atoms with Gasteiger partial charge in [-0.1, -0.05) is 83.5 Å². The van der Waals surface area contributed by atoms with Crippen molar-refractivity contribution in [3.63, 3.8) is 0 Å². The van der Waals surface area contributed by atoms with Crippen LogP contribution in [0.15, 0.2) is 0 Å². The van der Waals surface area contributed by atoms with Gasteiger partial charge in [-0.3, -0.25) is 0 Å². The van der Waals surface area contributed by atoms with Crippen LogP contribution in [0.2, 0.25) is 0 Å². The minimum absolute atomic E-state index is 0. The Bertz CT molecular complexity index is 402. The number of carbonyl (C=O) groups excluding carboxylic acids is 1. The van der Waals surface area contributed by atoms with Gasteiger partial charge < -0.3 is 14.5 Å². The first-order valence-corrected chi connectivity index (χ1v) is 11.1. The Morgan fingerprint density at radius 1 is 0.577 bits per heavy atom. The van der Waals surface area contributed by atoms with Gasteiger partial charge in [0.1, 0.15) is 0 Å². The summed E-state index contributed by atoms with van der Waals surface area (Å²) in [5, 5.41) is 10.2. The molecule has 0 N–H and O–H groups in total. The van der Waals surface area contributed by atoms with E-state index in [9.17, 15) is 22.9 Å². The Morgan fingerprint density at radius 2 is 0.846 bits per heavy atom. The Morgan fingerprint density at radius 3 is 1.12 bits per heavy atom. The van der Waals surface area contributed by atoms with E-state index in [0.717, 1.165) is 38.5 Å². The van der Waals surface area contributed by atoms with Gasteiger partial charge in [-0.05, 0) is 19.3 Å². The Balaban J connectivity index is -0.00000264. The average Bonchev–Trinajstić information content (AvgIpc) is 2.49. The van der Waals surface area contributed by atoms with E-state index in [0.29, 0.717) is 6.42 Å². The van der Waals surface area contributed by atoms with E-state index >= 15 is 0 Å². The van der Waals surface area contributed by atoms with Gasteiger partial charge >= 0.3 is 59.1 Å². The first-order chi connectivity index (χ1) is 11.4. The molecule has 0 saturated carbocycles. The molecule has 0 atom stereocenters. The molecule has 0 aliphatic carbocycles. The first kappa shape index (κ1) is 32.1. The van der Waals surface area contributed by atoms with Gasteiger partial charge in [0.25, 0.3) is 0 Å². The van der Waals surface area contributed by atoms with Crippen LogP contribution in [0.5, 0.6) is 0 Å². The fourth-order valence-electron chi connectivity index (χ4n) is 2.85. The van der Waals surface area contributed by atoms with E-state index in [1.165, 1.54) is 51.4 Å². The number of carboxylic acids is 1. The van der Waals surface area contributed by atoms with Crippen molar-refractivity contribution >= 4 is 16.1 Å². The zero-order valence-corrected chi connectivity index (χ0v) is 21.8. The maximum Gasteiger partial charge on any atom is 1.00 e.